The van der Waals surface area contributed by atoms with E-state index in [1.54, 1.807) is 6.92 Å². The first-order chi connectivity index (χ1) is 7.46. The van der Waals surface area contributed by atoms with Gasteiger partial charge in [0.15, 0.2) is 0 Å². The van der Waals surface area contributed by atoms with Gasteiger partial charge in [0.25, 0.3) is 0 Å². The highest BCUT2D eigenvalue weighted by Gasteiger charge is 2.36. The van der Waals surface area contributed by atoms with E-state index in [9.17, 15) is 9.18 Å². The molecule has 2 N–H and O–H groups in total. The molecule has 1 aromatic rings. The summed E-state index contributed by atoms with van der Waals surface area (Å²) in [6, 6.07) is 2.71. The molecule has 5 heteroatoms. The Morgan fingerprint density at radius 3 is 2.75 bits per heavy atom. The Labute approximate surface area is 98.0 Å². The molecule has 0 spiro atoms. The van der Waals surface area contributed by atoms with Crippen LogP contribution in [-0.4, -0.2) is 11.4 Å². The van der Waals surface area contributed by atoms with Gasteiger partial charge < -0.3 is 10.6 Å². The highest BCUT2D eigenvalue weighted by molar-refractivity contribution is 6.31. The molecule has 0 saturated carbocycles. The molecule has 2 rings (SSSR count). The fourth-order valence-corrected chi connectivity index (χ4v) is 1.78. The molecule has 3 nitrogen and oxygen atoms in total. The summed E-state index contributed by atoms with van der Waals surface area (Å²) in [7, 11) is 0. The van der Waals surface area contributed by atoms with Crippen LogP contribution in [0.3, 0.4) is 0 Å². The minimum Gasteiger partial charge on any atom is -0.370 e. The minimum absolute atomic E-state index is 0.000881. The normalized spacial score (nSPS) is 23.4. The van der Waals surface area contributed by atoms with Crippen molar-refractivity contribution in [3.8, 4) is 0 Å². The van der Waals surface area contributed by atoms with Crippen molar-refractivity contribution in [2.24, 2.45) is 0 Å². The monoisotopic (exact) mass is 242 g/mol. The number of carbonyl (C=O) groups excluding carboxylic acids is 1. The zero-order valence-electron chi connectivity index (χ0n) is 9.03. The van der Waals surface area contributed by atoms with E-state index in [-0.39, 0.29) is 10.9 Å². The number of fused-ring (bicyclic) bond motifs is 1. The van der Waals surface area contributed by atoms with Crippen LogP contribution in [0.1, 0.15) is 20.3 Å². The average molecular weight is 243 g/mol. The summed E-state index contributed by atoms with van der Waals surface area (Å²) < 4.78 is 13.3. The molecule has 1 aliphatic rings. The Kier molecular flexibility index (Phi) is 2.54. The van der Waals surface area contributed by atoms with Gasteiger partial charge in [-0.05, 0) is 19.4 Å². The van der Waals surface area contributed by atoms with Crippen LogP contribution in [-0.2, 0) is 4.79 Å². The lowest BCUT2D eigenvalue weighted by Crippen LogP contribution is -2.49. The predicted molar refractivity (Wildman–Crippen MR) is 62.4 cm³/mol. The van der Waals surface area contributed by atoms with Crippen LogP contribution in [0, 0.1) is 5.82 Å². The van der Waals surface area contributed by atoms with Crippen molar-refractivity contribution >= 4 is 28.9 Å². The van der Waals surface area contributed by atoms with Gasteiger partial charge in [-0.2, -0.15) is 0 Å². The van der Waals surface area contributed by atoms with Crippen molar-refractivity contribution in [1.82, 2.24) is 0 Å². The maximum absolute atomic E-state index is 13.3. The molecule has 0 saturated heterocycles. The predicted octanol–water partition coefficient (Wildman–Crippen LogP) is 3.01. The van der Waals surface area contributed by atoms with E-state index in [1.165, 1.54) is 12.1 Å². The van der Waals surface area contributed by atoms with Crippen molar-refractivity contribution in [3.05, 3.63) is 23.0 Å². The first-order valence-electron chi connectivity index (χ1n) is 5.05. The fourth-order valence-electron chi connectivity index (χ4n) is 1.62. The van der Waals surface area contributed by atoms with E-state index in [2.05, 4.69) is 10.6 Å². The Bertz CT molecular complexity index is 464. The summed E-state index contributed by atoms with van der Waals surface area (Å²) in [6.45, 7) is 3.67. The molecule has 16 heavy (non-hydrogen) atoms. The Hall–Kier alpha value is -1.29. The molecule has 1 atom stereocenters. The van der Waals surface area contributed by atoms with Gasteiger partial charge in [-0.1, -0.05) is 18.5 Å². The van der Waals surface area contributed by atoms with Gasteiger partial charge in [-0.15, -0.1) is 0 Å². The number of anilines is 2. The SMILES string of the molecule is CCC1(C)Nc2cc(F)c(Cl)cc2NC1=O. The van der Waals surface area contributed by atoms with E-state index in [4.69, 9.17) is 11.6 Å². The average Bonchev–Trinajstić information content (AvgIpc) is 2.23. The lowest BCUT2D eigenvalue weighted by molar-refractivity contribution is -0.120. The van der Waals surface area contributed by atoms with E-state index in [1.807, 2.05) is 6.92 Å². The summed E-state index contributed by atoms with van der Waals surface area (Å²) in [4.78, 5) is 11.8. The van der Waals surface area contributed by atoms with E-state index >= 15 is 0 Å². The van der Waals surface area contributed by atoms with Gasteiger partial charge in [0.1, 0.15) is 11.4 Å². The maximum Gasteiger partial charge on any atom is 0.249 e. The smallest absolute Gasteiger partial charge is 0.249 e. The van der Waals surface area contributed by atoms with Gasteiger partial charge >= 0.3 is 0 Å². The Morgan fingerprint density at radius 1 is 1.44 bits per heavy atom. The number of rotatable bonds is 1. The number of hydrogen-bond acceptors (Lipinski definition) is 2. The molecule has 0 bridgehead atoms. The van der Waals surface area contributed by atoms with Crippen LogP contribution in [0.15, 0.2) is 12.1 Å². The third kappa shape index (κ3) is 1.63. The first-order valence-corrected chi connectivity index (χ1v) is 5.43. The summed E-state index contributed by atoms with van der Waals surface area (Å²) in [5, 5.41) is 5.75. The molecule has 0 fully saturated rings. The van der Waals surface area contributed by atoms with E-state index in [0.717, 1.165) is 0 Å². The lowest BCUT2D eigenvalue weighted by atomic mass is 9.94. The second-order valence-electron chi connectivity index (χ2n) is 4.08. The van der Waals surface area contributed by atoms with Crippen LogP contribution in [0.25, 0.3) is 0 Å². The second kappa shape index (κ2) is 3.63. The van der Waals surface area contributed by atoms with Gasteiger partial charge in [-0.3, -0.25) is 4.79 Å². The fraction of sp³-hybridized carbons (Fsp3) is 0.364. The highest BCUT2D eigenvalue weighted by Crippen LogP contribution is 2.35. The molecule has 0 radical (unpaired) electrons. The van der Waals surface area contributed by atoms with Gasteiger partial charge in [0, 0.05) is 6.07 Å². The molecule has 1 unspecified atom stereocenters. The molecule has 86 valence electrons. The minimum atomic E-state index is -0.701. The molecule has 1 amide bonds. The molecular formula is C11H12ClFN2O. The zero-order chi connectivity index (χ0) is 11.9. The number of halogens is 2. The second-order valence-corrected chi connectivity index (χ2v) is 4.48. The van der Waals surface area contributed by atoms with Gasteiger partial charge in [0.2, 0.25) is 5.91 Å². The molecule has 1 aliphatic heterocycles. The molecule has 0 aromatic heterocycles. The summed E-state index contributed by atoms with van der Waals surface area (Å²) in [6.07, 6.45) is 0.614. The van der Waals surface area contributed by atoms with Gasteiger partial charge in [-0.25, -0.2) is 4.39 Å². The third-order valence-electron chi connectivity index (χ3n) is 2.93. The summed E-state index contributed by atoms with van der Waals surface area (Å²) >= 11 is 5.64. The van der Waals surface area contributed by atoms with Gasteiger partial charge in [0.05, 0.1) is 16.4 Å². The first kappa shape index (κ1) is 11.2. The van der Waals surface area contributed by atoms with Crippen molar-refractivity contribution in [3.63, 3.8) is 0 Å². The van der Waals surface area contributed by atoms with Crippen LogP contribution >= 0.6 is 11.6 Å². The van der Waals surface area contributed by atoms with Crippen LogP contribution < -0.4 is 10.6 Å². The number of carbonyl (C=O) groups is 1. The number of hydrogen-bond donors (Lipinski definition) is 2. The number of nitrogens with one attached hydrogen (secondary N) is 2. The topological polar surface area (TPSA) is 41.1 Å². The highest BCUT2D eigenvalue weighted by atomic mass is 35.5. The van der Waals surface area contributed by atoms with E-state index in [0.29, 0.717) is 17.8 Å². The van der Waals surface area contributed by atoms with Crippen LogP contribution in [0.4, 0.5) is 15.8 Å². The molecule has 1 heterocycles. The van der Waals surface area contributed by atoms with Crippen molar-refractivity contribution in [2.75, 3.05) is 10.6 Å². The van der Waals surface area contributed by atoms with Crippen LogP contribution in [0.5, 0.6) is 0 Å². The summed E-state index contributed by atoms with van der Waals surface area (Å²) in [5.41, 5.74) is 0.376. The lowest BCUT2D eigenvalue weighted by Gasteiger charge is -2.35. The Morgan fingerprint density at radius 2 is 2.12 bits per heavy atom. The molecule has 0 aliphatic carbocycles. The Balaban J connectivity index is 2.47. The maximum atomic E-state index is 13.3. The molecule has 1 aromatic carbocycles. The third-order valence-corrected chi connectivity index (χ3v) is 3.22. The standard InChI is InChI=1S/C11H12ClFN2O/c1-3-11(2)10(16)14-8-4-6(12)7(13)5-9(8)15-11/h4-5,15H,3H2,1-2H3,(H,14,16). The zero-order valence-corrected chi connectivity index (χ0v) is 9.78. The summed E-state index contributed by atoms with van der Waals surface area (Å²) in [5.74, 6) is -0.632. The van der Waals surface area contributed by atoms with Crippen molar-refractivity contribution in [1.29, 1.82) is 0 Å². The largest absolute Gasteiger partial charge is 0.370 e. The van der Waals surface area contributed by atoms with Crippen molar-refractivity contribution in [2.45, 2.75) is 25.8 Å². The number of benzene rings is 1. The van der Waals surface area contributed by atoms with Crippen LogP contribution in [0.2, 0.25) is 5.02 Å². The van der Waals surface area contributed by atoms with E-state index < -0.39 is 11.4 Å². The quantitative estimate of drug-likeness (QED) is 0.795. The molecular weight excluding hydrogens is 231 g/mol. The number of amides is 1. The van der Waals surface area contributed by atoms with Crippen molar-refractivity contribution < 1.29 is 9.18 Å².